The van der Waals surface area contributed by atoms with Gasteiger partial charge in [-0.1, -0.05) is 26.8 Å². The van der Waals surface area contributed by atoms with Gasteiger partial charge in [0.2, 0.25) is 0 Å². The summed E-state index contributed by atoms with van der Waals surface area (Å²) in [7, 11) is 4.74. The van der Waals surface area contributed by atoms with Crippen molar-refractivity contribution >= 4 is 11.8 Å². The number of Topliss-reactive ketones (excluding diaryl/α,β-unsaturated/α-hetero) is 1. The molecule has 3 saturated carbocycles. The van der Waals surface area contributed by atoms with E-state index in [9.17, 15) is 14.9 Å². The van der Waals surface area contributed by atoms with Crippen molar-refractivity contribution in [3.05, 3.63) is 11.6 Å². The van der Waals surface area contributed by atoms with Gasteiger partial charge in [0.05, 0.1) is 24.9 Å². The molecule has 0 aromatic carbocycles. The lowest BCUT2D eigenvalue weighted by Crippen LogP contribution is -2.62. The first-order chi connectivity index (χ1) is 18.1. The predicted molar refractivity (Wildman–Crippen MR) is 139 cm³/mol. The molecule has 212 valence electrons. The lowest BCUT2D eigenvalue weighted by molar-refractivity contribution is -0.233. The summed E-state index contributed by atoms with van der Waals surface area (Å²) < 4.78 is 28.6. The molecule has 0 spiro atoms. The van der Waals surface area contributed by atoms with Crippen LogP contribution in [-0.4, -0.2) is 58.9 Å². The molecule has 0 radical (unpaired) electrons. The largest absolute Gasteiger partial charge is 0.469 e. The van der Waals surface area contributed by atoms with Crippen LogP contribution in [0.5, 0.6) is 0 Å². The highest BCUT2D eigenvalue weighted by atomic mass is 16.7. The van der Waals surface area contributed by atoms with E-state index < -0.39 is 0 Å². The fourth-order valence-corrected chi connectivity index (χ4v) is 9.07. The van der Waals surface area contributed by atoms with Crippen LogP contribution >= 0.6 is 0 Å². The van der Waals surface area contributed by atoms with Crippen molar-refractivity contribution in [3.8, 4) is 6.07 Å². The molecule has 38 heavy (non-hydrogen) atoms. The van der Waals surface area contributed by atoms with E-state index in [1.807, 2.05) is 6.08 Å². The molecule has 0 heterocycles. The second kappa shape index (κ2) is 11.8. The van der Waals surface area contributed by atoms with Crippen LogP contribution in [0.2, 0.25) is 0 Å². The average Bonchev–Trinajstić information content (AvgIpc) is 3.27. The number of allylic oxidation sites excluding steroid dienone is 2. The number of carbonyl (C=O) groups is 2. The molecule has 0 saturated heterocycles. The van der Waals surface area contributed by atoms with E-state index in [4.69, 9.17) is 23.7 Å². The molecule has 0 amide bonds. The molecule has 0 aromatic rings. The topological polar surface area (TPSA) is 104 Å². The monoisotopic (exact) mass is 531 g/mol. The number of hydrogen-bond donors (Lipinski definition) is 0. The third-order valence-corrected chi connectivity index (χ3v) is 10.9. The second-order valence-electron chi connectivity index (χ2n) is 12.4. The number of ether oxygens (including phenoxy) is 5. The van der Waals surface area contributed by atoms with Gasteiger partial charge in [0.15, 0.2) is 5.78 Å². The standard InChI is InChI=1S/C30H45NO7/c1-18(7-10-27(33)36-6)21-8-9-22-28-23(13-26(30(21,22)3)38-17-35-5)29(2)14-19(15-31)24(32)11-20(29)12-25(28)37-16-34-4/h14,18,20-23,25-26,28H,7-13,16-17H2,1-6H3/t18-,20?,21-,22+,23+,25-,26+,28+,29+,30-/m1/s1. The van der Waals surface area contributed by atoms with Gasteiger partial charge in [-0.05, 0) is 73.0 Å². The number of ketones is 1. The Morgan fingerprint density at radius 1 is 1.11 bits per heavy atom. The number of fused-ring (bicyclic) bond motifs is 5. The van der Waals surface area contributed by atoms with Crippen LogP contribution in [0.15, 0.2) is 11.6 Å². The Morgan fingerprint density at radius 2 is 1.82 bits per heavy atom. The van der Waals surface area contributed by atoms with Crippen LogP contribution in [0.4, 0.5) is 0 Å². The average molecular weight is 532 g/mol. The molecule has 3 fully saturated rings. The van der Waals surface area contributed by atoms with Crippen LogP contribution < -0.4 is 0 Å². The lowest BCUT2D eigenvalue weighted by atomic mass is 9.43. The van der Waals surface area contributed by atoms with E-state index in [1.165, 1.54) is 7.11 Å². The Kier molecular flexibility index (Phi) is 9.03. The summed E-state index contributed by atoms with van der Waals surface area (Å²) in [6.07, 6.45) is 7.19. The molecule has 1 unspecified atom stereocenters. The molecule has 4 aliphatic rings. The molecule has 4 rings (SSSR count). The van der Waals surface area contributed by atoms with E-state index >= 15 is 0 Å². The SMILES string of the molecule is COCO[C@H]1C[C@H]2[C@@H]([C@H](OCOC)CC3CC(=O)C(C#N)=C[C@@]32C)[C@@H]2CC[C@H]([C@H](C)CCC(=O)OC)[C@@]12C. The minimum Gasteiger partial charge on any atom is -0.469 e. The summed E-state index contributed by atoms with van der Waals surface area (Å²) >= 11 is 0. The van der Waals surface area contributed by atoms with Crippen molar-refractivity contribution in [2.75, 3.05) is 34.9 Å². The van der Waals surface area contributed by atoms with E-state index in [0.717, 1.165) is 32.1 Å². The maximum atomic E-state index is 12.8. The van der Waals surface area contributed by atoms with Crippen molar-refractivity contribution < 1.29 is 33.3 Å². The smallest absolute Gasteiger partial charge is 0.305 e. The van der Waals surface area contributed by atoms with E-state index in [-0.39, 0.29) is 66.1 Å². The minimum atomic E-state index is -0.291. The van der Waals surface area contributed by atoms with Crippen LogP contribution in [0, 0.1) is 57.7 Å². The first kappa shape index (κ1) is 29.2. The summed E-state index contributed by atoms with van der Waals surface area (Å²) in [6, 6.07) is 2.17. The van der Waals surface area contributed by atoms with Gasteiger partial charge in [0.1, 0.15) is 19.7 Å². The molecular weight excluding hydrogens is 486 g/mol. The number of nitrogens with zero attached hydrogens (tertiary/aromatic N) is 1. The summed E-state index contributed by atoms with van der Waals surface area (Å²) in [5, 5.41) is 9.74. The Balaban J connectivity index is 1.74. The Bertz CT molecular complexity index is 959. The van der Waals surface area contributed by atoms with Gasteiger partial charge in [-0.25, -0.2) is 0 Å². The number of esters is 1. The fraction of sp³-hybridized carbons (Fsp3) is 0.833. The molecule has 0 aliphatic heterocycles. The summed E-state index contributed by atoms with van der Waals surface area (Å²) in [4.78, 5) is 24.7. The van der Waals surface area contributed by atoms with Gasteiger partial charge in [0, 0.05) is 32.5 Å². The first-order valence-corrected chi connectivity index (χ1v) is 14.1. The van der Waals surface area contributed by atoms with Crippen LogP contribution in [-0.2, 0) is 33.3 Å². The maximum Gasteiger partial charge on any atom is 0.305 e. The molecule has 0 aromatic heterocycles. The first-order valence-electron chi connectivity index (χ1n) is 14.1. The summed E-state index contributed by atoms with van der Waals surface area (Å²) in [5.74, 6) is 1.38. The van der Waals surface area contributed by atoms with Gasteiger partial charge in [-0.15, -0.1) is 0 Å². The van der Waals surface area contributed by atoms with E-state index in [1.54, 1.807) is 14.2 Å². The van der Waals surface area contributed by atoms with E-state index in [0.29, 0.717) is 36.2 Å². The predicted octanol–water partition coefficient (Wildman–Crippen LogP) is 4.67. The second-order valence-corrected chi connectivity index (χ2v) is 12.4. The molecule has 10 atom stereocenters. The number of carbonyl (C=O) groups excluding carboxylic acids is 2. The molecule has 8 heteroatoms. The Labute approximate surface area is 227 Å². The normalized spacial score (nSPS) is 40.8. The zero-order valence-corrected chi connectivity index (χ0v) is 23.9. The molecule has 0 bridgehead atoms. The Hall–Kier alpha value is -1.79. The maximum absolute atomic E-state index is 12.8. The van der Waals surface area contributed by atoms with Crippen molar-refractivity contribution in [3.63, 3.8) is 0 Å². The highest BCUT2D eigenvalue weighted by molar-refractivity contribution is 6.00. The molecule has 0 N–H and O–H groups in total. The zero-order valence-electron chi connectivity index (χ0n) is 23.9. The van der Waals surface area contributed by atoms with Gasteiger partial charge < -0.3 is 23.7 Å². The van der Waals surface area contributed by atoms with Gasteiger partial charge in [-0.3, -0.25) is 9.59 Å². The molecule has 8 nitrogen and oxygen atoms in total. The fourth-order valence-electron chi connectivity index (χ4n) is 9.07. The zero-order chi connectivity index (χ0) is 27.7. The third kappa shape index (κ3) is 4.96. The number of hydrogen-bond acceptors (Lipinski definition) is 8. The highest BCUT2D eigenvalue weighted by Crippen LogP contribution is 2.68. The van der Waals surface area contributed by atoms with Gasteiger partial charge >= 0.3 is 5.97 Å². The van der Waals surface area contributed by atoms with Crippen molar-refractivity contribution in [1.82, 2.24) is 0 Å². The third-order valence-electron chi connectivity index (χ3n) is 10.9. The van der Waals surface area contributed by atoms with Crippen molar-refractivity contribution in [2.24, 2.45) is 46.3 Å². The van der Waals surface area contributed by atoms with Crippen LogP contribution in [0.25, 0.3) is 0 Å². The van der Waals surface area contributed by atoms with Gasteiger partial charge in [0.25, 0.3) is 0 Å². The number of rotatable bonds is 10. The Morgan fingerprint density at radius 3 is 2.47 bits per heavy atom. The summed E-state index contributed by atoms with van der Waals surface area (Å²) in [5.41, 5.74) is -0.122. The number of methoxy groups -OCH3 is 3. The lowest BCUT2D eigenvalue weighted by Gasteiger charge is -2.63. The molecule has 4 aliphatic carbocycles. The van der Waals surface area contributed by atoms with Crippen molar-refractivity contribution in [1.29, 1.82) is 5.26 Å². The molecular formula is C30H45NO7. The quantitative estimate of drug-likeness (QED) is 0.296. The summed E-state index contributed by atoms with van der Waals surface area (Å²) in [6.45, 7) is 7.31. The van der Waals surface area contributed by atoms with E-state index in [2.05, 4.69) is 26.8 Å². The van der Waals surface area contributed by atoms with Crippen molar-refractivity contribution in [2.45, 2.75) is 77.9 Å². The van der Waals surface area contributed by atoms with Crippen LogP contribution in [0.3, 0.4) is 0 Å². The van der Waals surface area contributed by atoms with Crippen LogP contribution in [0.1, 0.15) is 65.7 Å². The highest BCUT2D eigenvalue weighted by Gasteiger charge is 2.66. The minimum absolute atomic E-state index is 0.0281. The number of nitriles is 1. The van der Waals surface area contributed by atoms with Gasteiger partial charge in [-0.2, -0.15) is 5.26 Å².